The van der Waals surface area contributed by atoms with E-state index in [0.717, 1.165) is 48.3 Å². The van der Waals surface area contributed by atoms with Gasteiger partial charge < -0.3 is 10.6 Å². The molecule has 4 saturated carbocycles. The molecule has 0 saturated heterocycles. The van der Waals surface area contributed by atoms with Crippen LogP contribution in [0.15, 0.2) is 24.3 Å². The zero-order chi connectivity index (χ0) is 17.6. The fourth-order valence-corrected chi connectivity index (χ4v) is 5.69. The molecule has 4 aliphatic carbocycles. The van der Waals surface area contributed by atoms with E-state index in [1.54, 1.807) is 6.92 Å². The van der Waals surface area contributed by atoms with Crippen LogP contribution in [0.5, 0.6) is 0 Å². The lowest BCUT2D eigenvalue weighted by atomic mass is 9.49. The van der Waals surface area contributed by atoms with Crippen molar-refractivity contribution in [1.82, 2.24) is 5.32 Å². The van der Waals surface area contributed by atoms with Gasteiger partial charge in [0.15, 0.2) is 0 Å². The fourth-order valence-electron chi connectivity index (χ4n) is 5.69. The highest BCUT2D eigenvalue weighted by molar-refractivity contribution is 5.97. The van der Waals surface area contributed by atoms with Crippen molar-refractivity contribution >= 4 is 17.5 Å². The number of rotatable bonds is 4. The van der Waals surface area contributed by atoms with Gasteiger partial charge in [-0.3, -0.25) is 9.59 Å². The summed E-state index contributed by atoms with van der Waals surface area (Å²) in [6.45, 7) is 3.79. The molecule has 5 rings (SSSR count). The summed E-state index contributed by atoms with van der Waals surface area (Å²) in [4.78, 5) is 25.5. The van der Waals surface area contributed by atoms with E-state index in [9.17, 15) is 9.59 Å². The van der Waals surface area contributed by atoms with Crippen LogP contribution in [0.2, 0.25) is 0 Å². The Morgan fingerprint density at radius 1 is 1.00 bits per heavy atom. The van der Waals surface area contributed by atoms with E-state index >= 15 is 0 Å². The Morgan fingerprint density at radius 3 is 2.04 bits per heavy atom. The fraction of sp³-hybridized carbons (Fsp3) is 0.619. The Balaban J connectivity index is 1.38. The third-order valence-electron chi connectivity index (χ3n) is 6.58. The Labute approximate surface area is 149 Å². The smallest absolute Gasteiger partial charge is 0.246 e. The quantitative estimate of drug-likeness (QED) is 0.879. The van der Waals surface area contributed by atoms with E-state index in [0.29, 0.717) is 0 Å². The molecule has 1 aromatic carbocycles. The number of nitrogens with one attached hydrogen (secondary N) is 2. The molecule has 0 spiro atoms. The van der Waals surface area contributed by atoms with Crippen LogP contribution in [0.4, 0.5) is 5.69 Å². The van der Waals surface area contributed by atoms with Crippen LogP contribution in [0, 0.1) is 30.1 Å². The van der Waals surface area contributed by atoms with Gasteiger partial charge in [-0.25, -0.2) is 0 Å². The Kier molecular flexibility index (Phi) is 4.09. The highest BCUT2D eigenvalue weighted by Gasteiger charge is 2.54. The molecule has 2 N–H and O–H groups in total. The van der Waals surface area contributed by atoms with Gasteiger partial charge in [0.2, 0.25) is 11.8 Å². The maximum atomic E-state index is 13.0. The maximum Gasteiger partial charge on any atom is 0.246 e. The molecular weight excluding hydrogens is 312 g/mol. The van der Waals surface area contributed by atoms with Gasteiger partial charge in [-0.1, -0.05) is 17.7 Å². The van der Waals surface area contributed by atoms with E-state index in [-0.39, 0.29) is 17.2 Å². The van der Waals surface area contributed by atoms with Crippen molar-refractivity contribution in [1.29, 1.82) is 0 Å². The minimum Gasteiger partial charge on any atom is -0.344 e. The predicted octanol–water partition coefficient (Wildman–Crippen LogP) is 3.65. The number of hydrogen-bond donors (Lipinski definition) is 2. The van der Waals surface area contributed by atoms with Crippen molar-refractivity contribution in [2.24, 2.45) is 23.2 Å². The third-order valence-corrected chi connectivity index (χ3v) is 6.58. The highest BCUT2D eigenvalue weighted by Crippen LogP contribution is 2.60. The standard InChI is InChI=1S/C21H28N2O2/c1-13-3-5-18(6-4-13)23-19(24)14(2)22-20(25)21-10-15-7-16(11-21)9-17(8-15)12-21/h3-6,14-17H,7-12H2,1-2H3,(H,22,25)(H,23,24)/t14-,15?,16?,17?,21?/m0/s1. The van der Waals surface area contributed by atoms with E-state index in [1.807, 2.05) is 31.2 Å². The average molecular weight is 340 g/mol. The highest BCUT2D eigenvalue weighted by atomic mass is 16.2. The summed E-state index contributed by atoms with van der Waals surface area (Å²) in [5.74, 6) is 2.15. The summed E-state index contributed by atoms with van der Waals surface area (Å²) < 4.78 is 0. The predicted molar refractivity (Wildman–Crippen MR) is 98.0 cm³/mol. The van der Waals surface area contributed by atoms with Crippen molar-refractivity contribution in [2.45, 2.75) is 58.4 Å². The van der Waals surface area contributed by atoms with Gasteiger partial charge >= 0.3 is 0 Å². The van der Waals surface area contributed by atoms with Gasteiger partial charge in [-0.2, -0.15) is 0 Å². The zero-order valence-electron chi connectivity index (χ0n) is 15.2. The Morgan fingerprint density at radius 2 is 1.52 bits per heavy atom. The molecule has 0 radical (unpaired) electrons. The van der Waals surface area contributed by atoms with Crippen LogP contribution in [0.3, 0.4) is 0 Å². The summed E-state index contributed by atoms with van der Waals surface area (Å²) in [6, 6.07) is 7.20. The lowest BCUT2D eigenvalue weighted by Crippen LogP contribution is -2.56. The second kappa shape index (κ2) is 6.15. The number of carbonyl (C=O) groups is 2. The van der Waals surface area contributed by atoms with E-state index in [2.05, 4.69) is 10.6 Å². The van der Waals surface area contributed by atoms with Crippen molar-refractivity contribution in [3.63, 3.8) is 0 Å². The maximum absolute atomic E-state index is 13.0. The van der Waals surface area contributed by atoms with Gasteiger partial charge in [0.05, 0.1) is 0 Å². The van der Waals surface area contributed by atoms with Gasteiger partial charge in [0.1, 0.15) is 6.04 Å². The molecule has 4 heteroatoms. The zero-order valence-corrected chi connectivity index (χ0v) is 15.2. The van der Waals surface area contributed by atoms with Gasteiger partial charge in [0, 0.05) is 11.1 Å². The molecule has 0 aromatic heterocycles. The largest absolute Gasteiger partial charge is 0.344 e. The van der Waals surface area contributed by atoms with Crippen molar-refractivity contribution < 1.29 is 9.59 Å². The lowest BCUT2D eigenvalue weighted by molar-refractivity contribution is -0.147. The summed E-state index contributed by atoms with van der Waals surface area (Å²) in [5, 5.41) is 5.91. The second-order valence-corrected chi connectivity index (χ2v) is 8.75. The van der Waals surface area contributed by atoms with E-state index < -0.39 is 6.04 Å². The summed E-state index contributed by atoms with van der Waals surface area (Å²) in [6.07, 6.45) is 7.02. The Hall–Kier alpha value is -1.84. The molecular formula is C21H28N2O2. The minimum atomic E-state index is -0.512. The van der Waals surface area contributed by atoms with Crippen LogP contribution in [0.25, 0.3) is 0 Å². The monoisotopic (exact) mass is 340 g/mol. The lowest BCUT2D eigenvalue weighted by Gasteiger charge is -2.55. The number of hydrogen-bond acceptors (Lipinski definition) is 2. The third kappa shape index (κ3) is 3.19. The number of anilines is 1. The molecule has 0 heterocycles. The molecule has 4 aliphatic rings. The van der Waals surface area contributed by atoms with Crippen LogP contribution < -0.4 is 10.6 Å². The molecule has 1 aromatic rings. The van der Waals surface area contributed by atoms with E-state index in [1.165, 1.54) is 19.3 Å². The molecule has 0 aliphatic heterocycles. The molecule has 4 fully saturated rings. The number of benzene rings is 1. The van der Waals surface area contributed by atoms with Crippen LogP contribution in [0.1, 0.15) is 51.0 Å². The number of amides is 2. The molecule has 134 valence electrons. The molecule has 0 unspecified atom stereocenters. The van der Waals surface area contributed by atoms with Crippen molar-refractivity contribution in [3.05, 3.63) is 29.8 Å². The van der Waals surface area contributed by atoms with Crippen LogP contribution in [-0.4, -0.2) is 17.9 Å². The number of aryl methyl sites for hydroxylation is 1. The molecule has 1 atom stereocenters. The van der Waals surface area contributed by atoms with Gasteiger partial charge in [0.25, 0.3) is 0 Å². The van der Waals surface area contributed by atoms with E-state index in [4.69, 9.17) is 0 Å². The summed E-state index contributed by atoms with van der Waals surface area (Å²) >= 11 is 0. The molecule has 4 bridgehead atoms. The van der Waals surface area contributed by atoms with Gasteiger partial charge in [-0.15, -0.1) is 0 Å². The normalized spacial score (nSPS) is 33.8. The minimum absolute atomic E-state index is 0.109. The van der Waals surface area contributed by atoms with Crippen LogP contribution in [-0.2, 0) is 9.59 Å². The van der Waals surface area contributed by atoms with Gasteiger partial charge in [-0.05, 0) is 82.3 Å². The molecule has 2 amide bonds. The second-order valence-electron chi connectivity index (χ2n) is 8.75. The first-order valence-electron chi connectivity index (χ1n) is 9.62. The molecule has 4 nitrogen and oxygen atoms in total. The summed E-state index contributed by atoms with van der Waals surface area (Å²) in [7, 11) is 0. The first kappa shape index (κ1) is 16.6. The number of carbonyl (C=O) groups excluding carboxylic acids is 2. The summed E-state index contributed by atoms with van der Waals surface area (Å²) in [5.41, 5.74) is 1.72. The SMILES string of the molecule is Cc1ccc(NC(=O)[C@H](C)NC(=O)C23CC4CC(CC(C4)C2)C3)cc1. The topological polar surface area (TPSA) is 58.2 Å². The first-order chi connectivity index (χ1) is 11.9. The first-order valence-corrected chi connectivity index (χ1v) is 9.62. The average Bonchev–Trinajstić information content (AvgIpc) is 2.55. The van der Waals surface area contributed by atoms with Crippen LogP contribution >= 0.6 is 0 Å². The van der Waals surface area contributed by atoms with Crippen molar-refractivity contribution in [3.8, 4) is 0 Å². The van der Waals surface area contributed by atoms with Crippen molar-refractivity contribution in [2.75, 3.05) is 5.32 Å². The Bertz CT molecular complexity index is 644. The molecule has 25 heavy (non-hydrogen) atoms.